The van der Waals surface area contributed by atoms with Crippen molar-refractivity contribution in [1.82, 2.24) is 40.4 Å². The summed E-state index contributed by atoms with van der Waals surface area (Å²) in [6, 6.07) is 4.21. The second kappa shape index (κ2) is 9.58. The van der Waals surface area contributed by atoms with E-state index in [0.29, 0.717) is 11.5 Å². The van der Waals surface area contributed by atoms with E-state index in [4.69, 9.17) is 4.98 Å². The van der Waals surface area contributed by atoms with E-state index >= 15 is 0 Å². The Hall–Kier alpha value is -3.82. The highest BCUT2D eigenvalue weighted by molar-refractivity contribution is 8.10. The molecule has 5 heterocycles. The van der Waals surface area contributed by atoms with Crippen molar-refractivity contribution in [2.24, 2.45) is 0 Å². The Morgan fingerprint density at radius 1 is 1.12 bits per heavy atom. The van der Waals surface area contributed by atoms with Crippen LogP contribution in [0, 0.1) is 0 Å². The summed E-state index contributed by atoms with van der Waals surface area (Å²) in [4.78, 5) is 22.7. The van der Waals surface area contributed by atoms with E-state index in [1.165, 1.54) is 0 Å². The van der Waals surface area contributed by atoms with E-state index in [-0.39, 0.29) is 0 Å². The van der Waals surface area contributed by atoms with Crippen LogP contribution >= 0.6 is 11.8 Å². The third-order valence-electron chi connectivity index (χ3n) is 5.49. The van der Waals surface area contributed by atoms with Gasteiger partial charge in [-0.25, -0.2) is 9.97 Å². The lowest BCUT2D eigenvalue weighted by Crippen LogP contribution is -2.11. The molecule has 0 atom stereocenters. The van der Waals surface area contributed by atoms with Crippen LogP contribution in [-0.4, -0.2) is 41.7 Å². The molecule has 0 bridgehead atoms. The molecule has 5 aromatic heterocycles. The van der Waals surface area contributed by atoms with Gasteiger partial charge in [0.1, 0.15) is 11.2 Å². The first-order valence-electron chi connectivity index (χ1n) is 11.0. The Morgan fingerprint density at radius 2 is 1.97 bits per heavy atom. The molecule has 0 fully saturated rings. The lowest BCUT2D eigenvalue weighted by Gasteiger charge is -2.05. The second-order valence-electron chi connectivity index (χ2n) is 7.66. The van der Waals surface area contributed by atoms with Gasteiger partial charge >= 0.3 is 0 Å². The number of pyridine rings is 3. The summed E-state index contributed by atoms with van der Waals surface area (Å²) < 4.78 is 0. The molecular weight excluding hydrogens is 444 g/mol. The second-order valence-corrected chi connectivity index (χ2v) is 8.67. The number of imidazole rings is 1. The minimum Gasteiger partial charge on any atom is -0.335 e. The van der Waals surface area contributed by atoms with Crippen LogP contribution in [0.2, 0.25) is 0 Å². The van der Waals surface area contributed by atoms with Crippen molar-refractivity contribution in [2.75, 3.05) is 6.54 Å². The van der Waals surface area contributed by atoms with Crippen LogP contribution in [0.5, 0.6) is 0 Å². The van der Waals surface area contributed by atoms with Gasteiger partial charge in [-0.05, 0) is 36.6 Å². The molecule has 5 rings (SSSR count). The minimum atomic E-state index is 0.630. The first-order chi connectivity index (χ1) is 16.7. The first kappa shape index (κ1) is 22.0. The van der Waals surface area contributed by atoms with E-state index in [1.54, 1.807) is 23.4 Å². The highest BCUT2D eigenvalue weighted by Gasteiger charge is 2.17. The third-order valence-corrected chi connectivity index (χ3v) is 6.36. The van der Waals surface area contributed by atoms with Gasteiger partial charge in [-0.2, -0.15) is 5.10 Å². The highest BCUT2D eigenvalue weighted by atomic mass is 32.2. The maximum absolute atomic E-state index is 4.90. The average molecular weight is 469 g/mol. The quantitative estimate of drug-likeness (QED) is 0.283. The minimum absolute atomic E-state index is 0.630. The number of fused-ring (bicyclic) bond motifs is 2. The summed E-state index contributed by atoms with van der Waals surface area (Å²) in [6.07, 6.45) is 11.2. The van der Waals surface area contributed by atoms with E-state index in [2.05, 4.69) is 61.1 Å². The van der Waals surface area contributed by atoms with Crippen LogP contribution in [0.3, 0.4) is 0 Å². The van der Waals surface area contributed by atoms with Crippen LogP contribution in [-0.2, 0) is 6.54 Å². The average Bonchev–Trinajstić information content (AvgIpc) is 3.49. The number of rotatable bonds is 8. The summed E-state index contributed by atoms with van der Waals surface area (Å²) in [5.74, 6) is 0.684. The summed E-state index contributed by atoms with van der Waals surface area (Å²) in [5, 5.41) is 13.5. The molecule has 0 amide bonds. The van der Waals surface area contributed by atoms with Crippen LogP contribution < -0.4 is 5.32 Å². The smallest absolute Gasteiger partial charge is 0.181 e. The normalized spacial score (nSPS) is 12.0. The Morgan fingerprint density at radius 3 is 2.79 bits per heavy atom. The molecule has 170 valence electrons. The molecule has 9 heteroatoms. The number of nitrogens with zero attached hydrogens (tertiary/aromatic N) is 5. The third kappa shape index (κ3) is 4.11. The van der Waals surface area contributed by atoms with Crippen molar-refractivity contribution >= 4 is 38.7 Å². The van der Waals surface area contributed by atoms with Gasteiger partial charge in [0, 0.05) is 52.9 Å². The Bertz CT molecular complexity index is 1510. The summed E-state index contributed by atoms with van der Waals surface area (Å²) in [5.41, 5.74) is 7.17. The number of hydrogen-bond acceptors (Lipinski definition) is 7. The molecule has 8 nitrogen and oxygen atoms in total. The van der Waals surface area contributed by atoms with Gasteiger partial charge in [0.15, 0.2) is 11.5 Å². The van der Waals surface area contributed by atoms with Gasteiger partial charge in [0.2, 0.25) is 0 Å². The fourth-order valence-corrected chi connectivity index (χ4v) is 4.45. The molecule has 0 radical (unpaired) electrons. The predicted octanol–water partition coefficient (Wildman–Crippen LogP) is 5.31. The fourth-order valence-electron chi connectivity index (χ4n) is 3.86. The molecule has 0 aliphatic heterocycles. The molecule has 0 saturated carbocycles. The molecule has 3 N–H and O–H groups in total. The van der Waals surface area contributed by atoms with Gasteiger partial charge in [-0.1, -0.05) is 31.3 Å². The number of aromatic nitrogens is 7. The van der Waals surface area contributed by atoms with Gasteiger partial charge in [-0.15, -0.1) is 0 Å². The molecule has 0 spiro atoms. The zero-order valence-electron chi connectivity index (χ0n) is 19.0. The van der Waals surface area contributed by atoms with Gasteiger partial charge in [0.05, 0.1) is 17.1 Å². The zero-order valence-corrected chi connectivity index (χ0v) is 19.8. The molecule has 0 aromatic carbocycles. The Balaban J connectivity index is 1.58. The summed E-state index contributed by atoms with van der Waals surface area (Å²) in [6.45, 7) is 9.60. The number of aromatic amines is 2. The van der Waals surface area contributed by atoms with Crippen LogP contribution in [0.15, 0.2) is 61.2 Å². The van der Waals surface area contributed by atoms with E-state index < -0.39 is 0 Å². The van der Waals surface area contributed by atoms with Crippen LogP contribution in [0.1, 0.15) is 25.0 Å². The van der Waals surface area contributed by atoms with Crippen molar-refractivity contribution in [3.63, 3.8) is 0 Å². The maximum Gasteiger partial charge on any atom is 0.181 e. The molecule has 34 heavy (non-hydrogen) atoms. The monoisotopic (exact) mass is 468 g/mol. The van der Waals surface area contributed by atoms with Crippen LogP contribution in [0.25, 0.3) is 49.6 Å². The lowest BCUT2D eigenvalue weighted by atomic mass is 10.1. The Kier molecular flexibility index (Phi) is 6.20. The summed E-state index contributed by atoms with van der Waals surface area (Å²) >= 11 is 1.55. The largest absolute Gasteiger partial charge is 0.335 e. The van der Waals surface area contributed by atoms with Gasteiger partial charge < -0.3 is 10.3 Å². The van der Waals surface area contributed by atoms with Crippen molar-refractivity contribution < 1.29 is 0 Å². The van der Waals surface area contributed by atoms with E-state index in [1.807, 2.05) is 37.8 Å². The molecule has 0 unspecified atom stereocenters. The Labute approximate surface area is 201 Å². The number of thioether (sulfide) groups is 1. The van der Waals surface area contributed by atoms with Crippen molar-refractivity contribution in [2.45, 2.75) is 20.4 Å². The van der Waals surface area contributed by atoms with Crippen molar-refractivity contribution in [1.29, 1.82) is 0 Å². The van der Waals surface area contributed by atoms with Crippen molar-refractivity contribution in [3.8, 4) is 22.6 Å². The SMILES string of the molecule is C=CS/C(=C\C)c1cncc2[nH]c(-c3[nH]nc4ncc(-c5cncc(CNCC)c5)cc34)nc12. The lowest BCUT2D eigenvalue weighted by molar-refractivity contribution is 0.724. The highest BCUT2D eigenvalue weighted by Crippen LogP contribution is 2.34. The fraction of sp³-hybridized carbons (Fsp3) is 0.160. The van der Waals surface area contributed by atoms with Crippen molar-refractivity contribution in [3.05, 3.63) is 72.3 Å². The standard InChI is InChI=1S/C25H24N8S/c1-4-21(34-6-3)19-13-28-14-20-22(19)31-25(30-20)23-18-8-17(12-29-24(18)33-32-23)16-7-15(9-26-5-2)10-27-11-16/h4,6-8,10-14,26H,3,5,9H2,1-2H3,(H,30,31)(H,29,32,33)/b21-4-. The molecular formula is C25H24N8S. The van der Waals surface area contributed by atoms with Gasteiger partial charge in [-0.3, -0.25) is 15.1 Å². The predicted molar refractivity (Wildman–Crippen MR) is 139 cm³/mol. The zero-order chi connectivity index (χ0) is 23.5. The molecule has 5 aromatic rings. The summed E-state index contributed by atoms with van der Waals surface area (Å²) in [7, 11) is 0. The molecule has 0 aliphatic rings. The topological polar surface area (TPSA) is 108 Å². The van der Waals surface area contributed by atoms with E-state index in [9.17, 15) is 0 Å². The molecule has 0 aliphatic carbocycles. The number of H-pyrrole nitrogens is 2. The number of nitrogens with one attached hydrogen (secondary N) is 3. The number of hydrogen-bond donors (Lipinski definition) is 3. The maximum atomic E-state index is 4.90. The van der Waals surface area contributed by atoms with Gasteiger partial charge in [0.25, 0.3) is 0 Å². The first-order valence-corrected chi connectivity index (χ1v) is 11.9. The number of allylic oxidation sites excluding steroid dienone is 1. The van der Waals surface area contributed by atoms with E-state index in [0.717, 1.165) is 62.4 Å². The molecule has 0 saturated heterocycles. The van der Waals surface area contributed by atoms with Crippen LogP contribution in [0.4, 0.5) is 0 Å².